The summed E-state index contributed by atoms with van der Waals surface area (Å²) in [6.45, 7) is 0.691. The van der Waals surface area contributed by atoms with E-state index in [4.69, 9.17) is 4.74 Å². The standard InChI is InChI=1S/C18H13NO2/c19-12-16(18(20)14-4-2-1-3-5-14)11-13-6-7-17-15(10-13)8-9-21-17/h1-7,10-11H,8-9H2/b16-11+. The Labute approximate surface area is 123 Å². The molecule has 1 aliphatic heterocycles. The normalized spacial score (nSPS) is 13.2. The van der Waals surface area contributed by atoms with E-state index in [1.165, 1.54) is 0 Å². The summed E-state index contributed by atoms with van der Waals surface area (Å²) in [6, 6.07) is 16.6. The summed E-state index contributed by atoms with van der Waals surface area (Å²) in [5.74, 6) is 0.634. The fourth-order valence-electron chi connectivity index (χ4n) is 2.36. The van der Waals surface area contributed by atoms with Gasteiger partial charge in [-0.1, -0.05) is 36.4 Å². The van der Waals surface area contributed by atoms with Crippen molar-refractivity contribution in [2.75, 3.05) is 6.61 Å². The molecule has 3 heteroatoms. The molecule has 0 unspecified atom stereocenters. The van der Waals surface area contributed by atoms with E-state index in [2.05, 4.69) is 0 Å². The molecule has 0 amide bonds. The predicted octanol–water partition coefficient (Wildman–Crippen LogP) is 3.41. The molecule has 0 atom stereocenters. The van der Waals surface area contributed by atoms with Crippen molar-refractivity contribution >= 4 is 11.9 Å². The number of carbonyl (C=O) groups is 1. The Morgan fingerprint density at radius 1 is 1.19 bits per heavy atom. The van der Waals surface area contributed by atoms with Crippen LogP contribution < -0.4 is 4.74 Å². The van der Waals surface area contributed by atoms with Crippen molar-refractivity contribution in [3.8, 4) is 11.8 Å². The molecule has 1 aliphatic rings. The number of nitrogens with zero attached hydrogens (tertiary/aromatic N) is 1. The van der Waals surface area contributed by atoms with E-state index >= 15 is 0 Å². The summed E-state index contributed by atoms with van der Waals surface area (Å²) in [4.78, 5) is 12.3. The van der Waals surface area contributed by atoms with Gasteiger partial charge in [-0.05, 0) is 29.3 Å². The van der Waals surface area contributed by atoms with Crippen molar-refractivity contribution < 1.29 is 9.53 Å². The number of ketones is 1. The maximum Gasteiger partial charge on any atom is 0.203 e. The topological polar surface area (TPSA) is 50.1 Å². The minimum absolute atomic E-state index is 0.139. The van der Waals surface area contributed by atoms with Crippen LogP contribution in [0.3, 0.4) is 0 Å². The summed E-state index contributed by atoms with van der Waals surface area (Å²) in [6.07, 6.45) is 2.50. The quantitative estimate of drug-likeness (QED) is 0.490. The van der Waals surface area contributed by atoms with Gasteiger partial charge >= 0.3 is 0 Å². The van der Waals surface area contributed by atoms with Crippen LogP contribution in [-0.2, 0) is 6.42 Å². The number of fused-ring (bicyclic) bond motifs is 1. The number of allylic oxidation sites excluding steroid dienone is 1. The van der Waals surface area contributed by atoms with Crippen LogP contribution in [0.4, 0.5) is 0 Å². The van der Waals surface area contributed by atoms with Gasteiger partial charge in [0.25, 0.3) is 0 Å². The molecular weight excluding hydrogens is 262 g/mol. The van der Waals surface area contributed by atoms with E-state index < -0.39 is 0 Å². The number of Topliss-reactive ketones (excluding diaryl/α,β-unsaturated/α-hetero) is 1. The number of ether oxygens (including phenoxy) is 1. The first-order valence-corrected chi connectivity index (χ1v) is 6.75. The van der Waals surface area contributed by atoms with Crippen molar-refractivity contribution in [3.05, 3.63) is 70.8 Å². The van der Waals surface area contributed by atoms with Crippen LogP contribution in [0.5, 0.6) is 5.75 Å². The zero-order valence-corrected chi connectivity index (χ0v) is 11.4. The minimum Gasteiger partial charge on any atom is -0.493 e. The van der Waals surface area contributed by atoms with E-state index in [0.717, 1.165) is 23.3 Å². The summed E-state index contributed by atoms with van der Waals surface area (Å²) < 4.78 is 5.45. The van der Waals surface area contributed by atoms with E-state index in [0.29, 0.717) is 12.2 Å². The van der Waals surface area contributed by atoms with Crippen LogP contribution in [0.15, 0.2) is 54.1 Å². The van der Waals surface area contributed by atoms with Crippen LogP contribution in [0.2, 0.25) is 0 Å². The third-order valence-electron chi connectivity index (χ3n) is 3.43. The van der Waals surface area contributed by atoms with Crippen LogP contribution in [0.25, 0.3) is 6.08 Å². The lowest BCUT2D eigenvalue weighted by atomic mass is 10.0. The average Bonchev–Trinajstić information content (AvgIpc) is 3.00. The third kappa shape index (κ3) is 2.70. The van der Waals surface area contributed by atoms with Crippen LogP contribution in [-0.4, -0.2) is 12.4 Å². The number of benzene rings is 2. The van der Waals surface area contributed by atoms with Gasteiger partial charge in [0.1, 0.15) is 17.4 Å². The van der Waals surface area contributed by atoms with Crippen molar-refractivity contribution in [1.82, 2.24) is 0 Å². The van der Waals surface area contributed by atoms with Gasteiger partial charge in [0, 0.05) is 12.0 Å². The van der Waals surface area contributed by atoms with E-state index in [9.17, 15) is 10.1 Å². The molecule has 3 rings (SSSR count). The van der Waals surface area contributed by atoms with Crippen LogP contribution in [0.1, 0.15) is 21.5 Å². The monoisotopic (exact) mass is 275 g/mol. The predicted molar refractivity (Wildman–Crippen MR) is 80.0 cm³/mol. The van der Waals surface area contributed by atoms with Gasteiger partial charge in [0.2, 0.25) is 5.78 Å². The zero-order chi connectivity index (χ0) is 14.7. The van der Waals surface area contributed by atoms with Gasteiger partial charge in [-0.15, -0.1) is 0 Å². The molecule has 0 spiro atoms. The first-order valence-electron chi connectivity index (χ1n) is 6.75. The Morgan fingerprint density at radius 2 is 2.00 bits per heavy atom. The number of rotatable bonds is 3. The third-order valence-corrected chi connectivity index (χ3v) is 3.43. The second-order valence-corrected chi connectivity index (χ2v) is 4.83. The molecular formula is C18H13NO2. The molecule has 1 heterocycles. The Kier molecular flexibility index (Phi) is 3.53. The van der Waals surface area contributed by atoms with Gasteiger partial charge in [-0.25, -0.2) is 0 Å². The van der Waals surface area contributed by atoms with E-state index in [-0.39, 0.29) is 11.4 Å². The van der Waals surface area contributed by atoms with Gasteiger partial charge in [0.05, 0.1) is 6.61 Å². The van der Waals surface area contributed by atoms with Crippen molar-refractivity contribution in [3.63, 3.8) is 0 Å². The number of nitriles is 1. The molecule has 0 N–H and O–H groups in total. The largest absolute Gasteiger partial charge is 0.493 e. The molecule has 2 aromatic rings. The Bertz CT molecular complexity index is 755. The average molecular weight is 275 g/mol. The summed E-state index contributed by atoms with van der Waals surface area (Å²) in [5.41, 5.74) is 2.63. The lowest BCUT2D eigenvalue weighted by Gasteiger charge is -2.02. The Hall–Kier alpha value is -2.86. The molecule has 102 valence electrons. The number of carbonyl (C=O) groups excluding carboxylic acids is 1. The highest BCUT2D eigenvalue weighted by Crippen LogP contribution is 2.26. The first kappa shape index (κ1) is 13.1. The lowest BCUT2D eigenvalue weighted by Crippen LogP contribution is -2.01. The highest BCUT2D eigenvalue weighted by atomic mass is 16.5. The minimum atomic E-state index is -0.255. The lowest BCUT2D eigenvalue weighted by molar-refractivity contribution is 0.104. The van der Waals surface area contributed by atoms with Gasteiger partial charge in [-0.3, -0.25) is 4.79 Å². The highest BCUT2D eigenvalue weighted by Gasteiger charge is 2.14. The first-order chi connectivity index (χ1) is 10.3. The summed E-state index contributed by atoms with van der Waals surface area (Å²) >= 11 is 0. The molecule has 0 fully saturated rings. The summed E-state index contributed by atoms with van der Waals surface area (Å²) in [7, 11) is 0. The number of hydrogen-bond donors (Lipinski definition) is 0. The molecule has 0 aliphatic carbocycles. The number of hydrogen-bond acceptors (Lipinski definition) is 3. The van der Waals surface area contributed by atoms with Gasteiger partial charge in [-0.2, -0.15) is 5.26 Å². The molecule has 0 radical (unpaired) electrons. The molecule has 3 nitrogen and oxygen atoms in total. The highest BCUT2D eigenvalue weighted by molar-refractivity contribution is 6.14. The summed E-state index contributed by atoms with van der Waals surface area (Å²) in [5, 5.41) is 9.25. The van der Waals surface area contributed by atoms with Gasteiger partial charge in [0.15, 0.2) is 0 Å². The van der Waals surface area contributed by atoms with Crippen LogP contribution >= 0.6 is 0 Å². The van der Waals surface area contributed by atoms with Crippen molar-refractivity contribution in [1.29, 1.82) is 5.26 Å². The van der Waals surface area contributed by atoms with Crippen LogP contribution in [0, 0.1) is 11.3 Å². The Morgan fingerprint density at radius 3 is 2.76 bits per heavy atom. The second kappa shape index (κ2) is 5.64. The molecule has 0 saturated heterocycles. The maximum atomic E-state index is 12.3. The molecule has 2 aromatic carbocycles. The van der Waals surface area contributed by atoms with Crippen molar-refractivity contribution in [2.45, 2.75) is 6.42 Å². The molecule has 0 saturated carbocycles. The maximum absolute atomic E-state index is 12.3. The molecule has 21 heavy (non-hydrogen) atoms. The fraction of sp³-hybridized carbons (Fsp3) is 0.111. The molecule has 0 bridgehead atoms. The van der Waals surface area contributed by atoms with Crippen molar-refractivity contribution in [2.24, 2.45) is 0 Å². The second-order valence-electron chi connectivity index (χ2n) is 4.83. The smallest absolute Gasteiger partial charge is 0.203 e. The Balaban J connectivity index is 1.93. The fourth-order valence-corrected chi connectivity index (χ4v) is 2.36. The molecule has 0 aromatic heterocycles. The van der Waals surface area contributed by atoms with E-state index in [1.54, 1.807) is 30.3 Å². The van der Waals surface area contributed by atoms with Gasteiger partial charge < -0.3 is 4.74 Å². The zero-order valence-electron chi connectivity index (χ0n) is 11.4. The SMILES string of the molecule is N#C/C(=C\c1ccc2c(c1)CCO2)C(=O)c1ccccc1. The van der Waals surface area contributed by atoms with E-state index in [1.807, 2.05) is 30.3 Å².